The van der Waals surface area contributed by atoms with Crippen LogP contribution in [0.1, 0.15) is 29.3 Å². The van der Waals surface area contributed by atoms with E-state index in [1.54, 1.807) is 30.3 Å². The van der Waals surface area contributed by atoms with E-state index in [9.17, 15) is 9.59 Å². The van der Waals surface area contributed by atoms with Gasteiger partial charge >= 0.3 is 0 Å². The van der Waals surface area contributed by atoms with Gasteiger partial charge in [0, 0.05) is 42.4 Å². The summed E-state index contributed by atoms with van der Waals surface area (Å²) in [7, 11) is 0. The highest BCUT2D eigenvalue weighted by Crippen LogP contribution is 2.23. The number of hydrogen-bond donors (Lipinski definition) is 3. The number of aliphatic hydroxyl groups excluding tert-OH is 1. The smallest absolute Gasteiger partial charge is 0.267 e. The molecule has 0 unspecified atom stereocenters. The molecule has 1 heterocycles. The molecule has 0 fully saturated rings. The van der Waals surface area contributed by atoms with Crippen molar-refractivity contribution in [2.24, 2.45) is 0 Å². The van der Waals surface area contributed by atoms with Gasteiger partial charge in [0.2, 0.25) is 0 Å². The molecular weight excluding hydrogens is 402 g/mol. The predicted molar refractivity (Wildman–Crippen MR) is 119 cm³/mol. The van der Waals surface area contributed by atoms with E-state index in [4.69, 9.17) is 16.7 Å². The van der Waals surface area contributed by atoms with Gasteiger partial charge in [-0.3, -0.25) is 9.59 Å². The van der Waals surface area contributed by atoms with Crippen LogP contribution in [-0.2, 0) is 11.3 Å². The highest BCUT2D eigenvalue weighted by atomic mass is 35.5. The lowest BCUT2D eigenvalue weighted by Crippen LogP contribution is -2.35. The summed E-state index contributed by atoms with van der Waals surface area (Å²) in [5.41, 5.74) is 2.25. The molecule has 0 spiro atoms. The second-order valence-corrected chi connectivity index (χ2v) is 7.12. The average molecular weight is 426 g/mol. The van der Waals surface area contributed by atoms with Crippen LogP contribution in [0.3, 0.4) is 0 Å². The Morgan fingerprint density at radius 2 is 1.87 bits per heavy atom. The van der Waals surface area contributed by atoms with Gasteiger partial charge in [0.15, 0.2) is 0 Å². The fraction of sp³-hybridized carbons (Fsp3) is 0.217. The molecule has 1 aromatic heterocycles. The molecule has 0 saturated heterocycles. The number of carbonyl (C=O) groups is 2. The van der Waals surface area contributed by atoms with Gasteiger partial charge in [-0.15, -0.1) is 0 Å². The number of hydrogen-bond acceptors (Lipinski definition) is 3. The largest absolute Gasteiger partial charge is 0.396 e. The SMILES string of the molecule is CCn1cc(C=C(NC(=O)c2ccccc2Cl)C(=O)NCCCO)c2ccccc21. The molecule has 3 N–H and O–H groups in total. The fourth-order valence-corrected chi connectivity index (χ4v) is 3.40. The van der Waals surface area contributed by atoms with Gasteiger partial charge in [0.1, 0.15) is 5.70 Å². The van der Waals surface area contributed by atoms with Crippen LogP contribution < -0.4 is 10.6 Å². The van der Waals surface area contributed by atoms with E-state index >= 15 is 0 Å². The third-order valence-electron chi connectivity index (χ3n) is 4.69. The van der Waals surface area contributed by atoms with Crippen LogP contribution in [0.25, 0.3) is 17.0 Å². The molecule has 156 valence electrons. The maximum Gasteiger partial charge on any atom is 0.267 e. The summed E-state index contributed by atoms with van der Waals surface area (Å²) in [5, 5.41) is 15.7. The van der Waals surface area contributed by atoms with Crippen LogP contribution >= 0.6 is 11.6 Å². The van der Waals surface area contributed by atoms with Crippen molar-refractivity contribution < 1.29 is 14.7 Å². The van der Waals surface area contributed by atoms with Crippen LogP contribution in [0.2, 0.25) is 5.02 Å². The Morgan fingerprint density at radius 1 is 1.13 bits per heavy atom. The van der Waals surface area contributed by atoms with Gasteiger partial charge in [-0.2, -0.15) is 0 Å². The van der Waals surface area contributed by atoms with E-state index in [2.05, 4.69) is 15.2 Å². The number of fused-ring (bicyclic) bond motifs is 1. The number of nitrogens with zero attached hydrogens (tertiary/aromatic N) is 1. The Labute approximate surface area is 180 Å². The summed E-state index contributed by atoms with van der Waals surface area (Å²) in [4.78, 5) is 25.5. The Hall–Kier alpha value is -3.09. The van der Waals surface area contributed by atoms with Crippen LogP contribution in [0.4, 0.5) is 0 Å². The van der Waals surface area contributed by atoms with Crippen molar-refractivity contribution in [2.75, 3.05) is 13.2 Å². The summed E-state index contributed by atoms with van der Waals surface area (Å²) < 4.78 is 2.08. The number of benzene rings is 2. The van der Waals surface area contributed by atoms with E-state index in [1.807, 2.05) is 37.4 Å². The predicted octanol–water partition coefficient (Wildman–Crippen LogP) is 3.58. The molecule has 2 aromatic carbocycles. The Bertz CT molecular complexity index is 1090. The zero-order chi connectivity index (χ0) is 21.5. The first-order chi connectivity index (χ1) is 14.5. The maximum absolute atomic E-state index is 12.8. The number of halogens is 1. The molecule has 0 atom stereocenters. The zero-order valence-corrected chi connectivity index (χ0v) is 17.4. The van der Waals surface area contributed by atoms with Gasteiger partial charge in [-0.25, -0.2) is 0 Å². The van der Waals surface area contributed by atoms with Crippen molar-refractivity contribution in [3.8, 4) is 0 Å². The van der Waals surface area contributed by atoms with Gasteiger partial charge in [0.05, 0.1) is 10.6 Å². The van der Waals surface area contributed by atoms with E-state index in [0.29, 0.717) is 18.0 Å². The number of carbonyl (C=O) groups excluding carboxylic acids is 2. The van der Waals surface area contributed by atoms with Crippen LogP contribution in [0.15, 0.2) is 60.4 Å². The van der Waals surface area contributed by atoms with Gasteiger partial charge in [0.25, 0.3) is 11.8 Å². The first-order valence-electron chi connectivity index (χ1n) is 9.79. The third kappa shape index (κ3) is 4.90. The number of nitrogens with one attached hydrogen (secondary N) is 2. The molecule has 0 bridgehead atoms. The lowest BCUT2D eigenvalue weighted by Gasteiger charge is -2.11. The minimum Gasteiger partial charge on any atom is -0.396 e. The number of aryl methyl sites for hydroxylation is 1. The second-order valence-electron chi connectivity index (χ2n) is 6.71. The van der Waals surface area contributed by atoms with Crippen molar-refractivity contribution in [2.45, 2.75) is 19.9 Å². The van der Waals surface area contributed by atoms with Gasteiger partial charge in [-0.05, 0) is 37.6 Å². The van der Waals surface area contributed by atoms with Crippen LogP contribution in [0.5, 0.6) is 0 Å². The average Bonchev–Trinajstić information content (AvgIpc) is 3.11. The number of para-hydroxylation sites is 1. The van der Waals surface area contributed by atoms with E-state index in [1.165, 1.54) is 0 Å². The van der Waals surface area contributed by atoms with Crippen molar-refractivity contribution in [1.29, 1.82) is 0 Å². The summed E-state index contributed by atoms with van der Waals surface area (Å²) in [6.45, 7) is 3.08. The normalized spacial score (nSPS) is 11.5. The van der Waals surface area contributed by atoms with Crippen LogP contribution in [-0.4, -0.2) is 34.6 Å². The molecule has 0 aliphatic rings. The highest BCUT2D eigenvalue weighted by Gasteiger charge is 2.17. The van der Waals surface area contributed by atoms with E-state index in [0.717, 1.165) is 23.0 Å². The quantitative estimate of drug-likeness (QED) is 0.381. The highest BCUT2D eigenvalue weighted by molar-refractivity contribution is 6.34. The standard InChI is InChI=1S/C23H24ClN3O3/c1-2-27-15-16(17-8-4-6-11-21(17)27)14-20(23(30)25-12-7-13-28)26-22(29)18-9-3-5-10-19(18)24/h3-6,8-11,14-15,28H,2,7,12-13H2,1H3,(H,25,30)(H,26,29). The van der Waals surface area contributed by atoms with Gasteiger partial charge < -0.3 is 20.3 Å². The molecule has 3 rings (SSSR count). The molecule has 0 aliphatic carbocycles. The molecule has 6 nitrogen and oxygen atoms in total. The molecule has 7 heteroatoms. The Morgan fingerprint density at radius 3 is 2.60 bits per heavy atom. The number of rotatable bonds is 8. The van der Waals surface area contributed by atoms with Crippen molar-refractivity contribution >= 4 is 40.4 Å². The molecule has 3 aromatic rings. The van der Waals surface area contributed by atoms with E-state index in [-0.39, 0.29) is 17.9 Å². The molecule has 2 amide bonds. The molecule has 0 aliphatic heterocycles. The number of aromatic nitrogens is 1. The topological polar surface area (TPSA) is 83.4 Å². The molecule has 30 heavy (non-hydrogen) atoms. The Balaban J connectivity index is 1.98. The maximum atomic E-state index is 12.8. The Kier molecular flexibility index (Phi) is 7.27. The summed E-state index contributed by atoms with van der Waals surface area (Å²) in [5.74, 6) is -0.902. The molecule has 0 saturated carbocycles. The summed E-state index contributed by atoms with van der Waals surface area (Å²) in [6.07, 6.45) is 4.04. The first kappa shape index (κ1) is 21.6. The molecular formula is C23H24ClN3O3. The summed E-state index contributed by atoms with van der Waals surface area (Å²) in [6, 6.07) is 14.5. The fourth-order valence-electron chi connectivity index (χ4n) is 3.18. The number of amides is 2. The second kappa shape index (κ2) is 10.1. The summed E-state index contributed by atoms with van der Waals surface area (Å²) >= 11 is 6.13. The van der Waals surface area contributed by atoms with Gasteiger partial charge in [-0.1, -0.05) is 41.9 Å². The lowest BCUT2D eigenvalue weighted by atomic mass is 10.1. The lowest BCUT2D eigenvalue weighted by molar-refractivity contribution is -0.117. The van der Waals surface area contributed by atoms with Crippen LogP contribution in [0, 0.1) is 0 Å². The van der Waals surface area contributed by atoms with E-state index < -0.39 is 11.8 Å². The third-order valence-corrected chi connectivity index (χ3v) is 5.02. The molecule has 0 radical (unpaired) electrons. The number of aliphatic hydroxyl groups is 1. The van der Waals surface area contributed by atoms with Crippen molar-refractivity contribution in [1.82, 2.24) is 15.2 Å². The zero-order valence-electron chi connectivity index (χ0n) is 16.7. The minimum atomic E-state index is -0.469. The van der Waals surface area contributed by atoms with Crippen molar-refractivity contribution in [3.63, 3.8) is 0 Å². The first-order valence-corrected chi connectivity index (χ1v) is 10.2. The monoisotopic (exact) mass is 425 g/mol. The minimum absolute atomic E-state index is 0.0324. The van der Waals surface area contributed by atoms with Crippen molar-refractivity contribution in [3.05, 3.63) is 76.6 Å².